The first-order chi connectivity index (χ1) is 3.27. The van der Waals surface area contributed by atoms with Crippen LogP contribution >= 0.6 is 0 Å². The molecule has 0 fully saturated rings. The number of rotatable bonds is 0. The van der Waals surface area contributed by atoms with Gasteiger partial charge in [-0.3, -0.25) is 0 Å². The van der Waals surface area contributed by atoms with Crippen LogP contribution < -0.4 is 0 Å². The third-order valence-corrected chi connectivity index (χ3v) is 0.447. The molecule has 1 radical (unpaired) electrons. The zero-order valence-corrected chi connectivity index (χ0v) is 4.86. The van der Waals surface area contributed by atoms with Gasteiger partial charge in [-0.2, -0.15) is 0 Å². The van der Waals surface area contributed by atoms with Gasteiger partial charge in [0.2, 0.25) is 0 Å². The Bertz CT molecular complexity index is 84.1. The smallest absolute Gasteiger partial charge is 0.0440 e. The molecule has 0 aromatic carbocycles. The summed E-state index contributed by atoms with van der Waals surface area (Å²) < 4.78 is 0. The summed E-state index contributed by atoms with van der Waals surface area (Å²) >= 11 is 0. The summed E-state index contributed by atoms with van der Waals surface area (Å²) in [4.78, 5) is 1.60. The number of nitrogens with zero attached hydrogens (tertiary/aromatic N) is 1. The van der Waals surface area contributed by atoms with Crippen LogP contribution in [-0.4, -0.2) is 11.9 Å². The van der Waals surface area contributed by atoms with E-state index < -0.39 is 0 Å². The molecule has 1 nitrogen and oxygen atoms in total. The van der Waals surface area contributed by atoms with E-state index in [0.29, 0.717) is 0 Å². The highest BCUT2D eigenvalue weighted by Gasteiger charge is 1.68. The first-order valence-electron chi connectivity index (χ1n) is 2.30. The fourth-order valence-corrected chi connectivity index (χ4v) is 0.214. The van der Waals surface area contributed by atoms with Crippen molar-refractivity contribution in [3.8, 4) is 12.0 Å². The third kappa shape index (κ3) is 5.36. The largest absolute Gasteiger partial charge is 0.334 e. The molecule has 1 heteroatoms. The van der Waals surface area contributed by atoms with Gasteiger partial charge in [0.25, 0.3) is 0 Å². The minimum absolute atomic E-state index is 0.903. The van der Waals surface area contributed by atoms with E-state index in [9.17, 15) is 0 Å². The van der Waals surface area contributed by atoms with Crippen LogP contribution in [0.3, 0.4) is 0 Å². The molecule has 0 unspecified atom stereocenters. The predicted molar refractivity (Wildman–Crippen MR) is 31.2 cm³/mol. The van der Waals surface area contributed by atoms with Crippen LogP contribution in [0.2, 0.25) is 0 Å². The molecular weight excluding hydrogens is 86.1 g/mol. The van der Waals surface area contributed by atoms with Crippen molar-refractivity contribution in [1.82, 2.24) is 4.90 Å². The van der Waals surface area contributed by atoms with E-state index in [1.165, 1.54) is 0 Å². The van der Waals surface area contributed by atoms with E-state index >= 15 is 0 Å². The summed E-state index contributed by atoms with van der Waals surface area (Å²) in [6, 6.07) is 2.77. The minimum Gasteiger partial charge on any atom is -0.334 e. The summed E-state index contributed by atoms with van der Waals surface area (Å²) in [7, 11) is 5.36. The molecule has 0 saturated carbocycles. The summed E-state index contributed by atoms with van der Waals surface area (Å²) in [6.07, 6.45) is 0.903. The molecule has 0 aromatic rings. The van der Waals surface area contributed by atoms with E-state index in [1.807, 2.05) is 14.0 Å². The molecule has 0 aliphatic carbocycles. The van der Waals surface area contributed by atoms with Crippen LogP contribution in [-0.2, 0) is 0 Å². The van der Waals surface area contributed by atoms with Crippen molar-refractivity contribution in [1.29, 1.82) is 0 Å². The van der Waals surface area contributed by atoms with Gasteiger partial charge in [0, 0.05) is 26.6 Å². The van der Waals surface area contributed by atoms with Gasteiger partial charge in [-0.25, -0.2) is 0 Å². The van der Waals surface area contributed by atoms with Crippen molar-refractivity contribution in [3.63, 3.8) is 0 Å². The second-order valence-electron chi connectivity index (χ2n) is 1.34. The number of hydrogen-bond donors (Lipinski definition) is 0. The van der Waals surface area contributed by atoms with E-state index in [0.717, 1.165) is 6.42 Å². The topological polar surface area (TPSA) is 3.24 Å². The predicted octanol–water partition coefficient (Wildman–Crippen LogP) is 1.08. The monoisotopic (exact) mass is 96.1 g/mol. The second-order valence-corrected chi connectivity index (χ2v) is 1.34. The highest BCUT2D eigenvalue weighted by molar-refractivity contribution is 4.95. The van der Waals surface area contributed by atoms with Crippen LogP contribution in [0.1, 0.15) is 13.3 Å². The van der Waals surface area contributed by atoms with Gasteiger partial charge in [-0.15, -0.1) is 0 Å². The Labute approximate surface area is 45.3 Å². The van der Waals surface area contributed by atoms with Crippen molar-refractivity contribution < 1.29 is 0 Å². The summed E-state index contributed by atoms with van der Waals surface area (Å²) in [6.45, 7) is 2.01. The molecule has 0 rings (SSSR count). The molecule has 0 aliphatic rings. The van der Waals surface area contributed by atoms with Gasteiger partial charge in [0.1, 0.15) is 0 Å². The highest BCUT2D eigenvalue weighted by atomic mass is 15.0. The molecule has 7 heavy (non-hydrogen) atoms. The minimum atomic E-state index is 0.903. The summed E-state index contributed by atoms with van der Waals surface area (Å²) in [5, 5.41) is 0. The van der Waals surface area contributed by atoms with Gasteiger partial charge in [-0.05, 0) is 0 Å². The lowest BCUT2D eigenvalue weighted by molar-refractivity contribution is 0.654. The molecule has 39 valence electrons. The lowest BCUT2D eigenvalue weighted by Gasteiger charge is -1.95. The Kier molecular flexibility index (Phi) is 3.22. The van der Waals surface area contributed by atoms with Crippen molar-refractivity contribution in [2.75, 3.05) is 7.05 Å². The Hall–Kier alpha value is -0.640. The molecule has 0 amide bonds. The van der Waals surface area contributed by atoms with Crippen molar-refractivity contribution in [3.05, 3.63) is 7.05 Å². The molecule has 0 bridgehead atoms. The van der Waals surface area contributed by atoms with E-state index in [2.05, 4.69) is 19.0 Å². The van der Waals surface area contributed by atoms with Gasteiger partial charge >= 0.3 is 0 Å². The fraction of sp³-hybridized carbons (Fsp3) is 0.500. The standard InChI is InChI=1S/C6H10N/c1-4-5-6-7(2)3/h2,4H2,1,3H3. The number of hydrogen-bond acceptors (Lipinski definition) is 1. The fourth-order valence-electron chi connectivity index (χ4n) is 0.214. The maximum absolute atomic E-state index is 3.54. The average Bonchev–Trinajstić information content (AvgIpc) is 1.61. The van der Waals surface area contributed by atoms with E-state index in [1.54, 1.807) is 4.90 Å². The van der Waals surface area contributed by atoms with Gasteiger partial charge < -0.3 is 4.90 Å². The van der Waals surface area contributed by atoms with Crippen LogP contribution in [0.5, 0.6) is 0 Å². The molecule has 0 saturated heterocycles. The zero-order chi connectivity index (χ0) is 5.70. The molecular formula is C6H10N. The zero-order valence-electron chi connectivity index (χ0n) is 4.86. The van der Waals surface area contributed by atoms with Crippen LogP contribution in [0.25, 0.3) is 0 Å². The van der Waals surface area contributed by atoms with Crippen LogP contribution in [0.15, 0.2) is 0 Å². The molecule has 0 heterocycles. The van der Waals surface area contributed by atoms with Crippen LogP contribution in [0, 0.1) is 19.0 Å². The molecule has 0 spiro atoms. The molecule has 0 aliphatic heterocycles. The van der Waals surface area contributed by atoms with E-state index in [-0.39, 0.29) is 0 Å². The lowest BCUT2D eigenvalue weighted by atomic mass is 10.5. The Morgan fingerprint density at radius 2 is 2.29 bits per heavy atom. The van der Waals surface area contributed by atoms with Crippen molar-refractivity contribution in [2.24, 2.45) is 0 Å². The van der Waals surface area contributed by atoms with Crippen molar-refractivity contribution in [2.45, 2.75) is 13.3 Å². The molecule has 0 atom stereocenters. The maximum Gasteiger partial charge on any atom is 0.0440 e. The summed E-state index contributed by atoms with van der Waals surface area (Å²) in [5.74, 6) is 2.86. The van der Waals surface area contributed by atoms with Crippen molar-refractivity contribution >= 4 is 0 Å². The van der Waals surface area contributed by atoms with Gasteiger partial charge in [0.15, 0.2) is 0 Å². The second kappa shape index (κ2) is 3.55. The lowest BCUT2D eigenvalue weighted by Crippen LogP contribution is -1.96. The first-order valence-corrected chi connectivity index (χ1v) is 2.30. The summed E-state index contributed by atoms with van der Waals surface area (Å²) in [5.41, 5.74) is 0. The normalized spacial score (nSPS) is 6.71. The average molecular weight is 96.2 g/mol. The Balaban J connectivity index is 3.24. The first kappa shape index (κ1) is 6.36. The van der Waals surface area contributed by atoms with Gasteiger partial charge in [-0.1, -0.05) is 12.8 Å². The van der Waals surface area contributed by atoms with Crippen LogP contribution in [0.4, 0.5) is 0 Å². The SMILES string of the molecule is [CH2]N(C)C#CCC. The third-order valence-electron chi connectivity index (χ3n) is 0.447. The Morgan fingerprint density at radius 3 is 2.43 bits per heavy atom. The maximum atomic E-state index is 3.54. The molecule has 0 aromatic heterocycles. The highest BCUT2D eigenvalue weighted by Crippen LogP contribution is 1.70. The Morgan fingerprint density at radius 1 is 1.71 bits per heavy atom. The quantitative estimate of drug-likeness (QED) is 0.322. The van der Waals surface area contributed by atoms with Gasteiger partial charge in [0.05, 0.1) is 0 Å². The van der Waals surface area contributed by atoms with E-state index in [4.69, 9.17) is 0 Å². The molecule has 0 N–H and O–H groups in total.